The number of aromatic amines is 1. The summed E-state index contributed by atoms with van der Waals surface area (Å²) in [4.78, 5) is 49.5. The van der Waals surface area contributed by atoms with Crippen molar-refractivity contribution >= 4 is 34.7 Å². The molecule has 0 bridgehead atoms. The molecule has 3 amide bonds. The van der Waals surface area contributed by atoms with Crippen LogP contribution in [-0.2, 0) is 9.59 Å². The SMILES string of the molecule is COc1cc(C=NNC(=O)C(NC(=O)c2ccccc2)c2n[nH]c(=O)c3ccccc23)ccc1OCC(N)=O. The number of rotatable bonds is 10. The normalized spacial score (nSPS) is 11.6. The zero-order chi connectivity index (χ0) is 27.8. The third kappa shape index (κ3) is 6.43. The molecular formula is C27H24N6O6. The molecule has 4 aromatic rings. The molecule has 4 rings (SSSR count). The Bertz CT molecular complexity index is 1600. The Morgan fingerprint density at radius 2 is 1.74 bits per heavy atom. The number of aromatic nitrogens is 2. The number of primary amides is 1. The Morgan fingerprint density at radius 3 is 2.46 bits per heavy atom. The summed E-state index contributed by atoms with van der Waals surface area (Å²) >= 11 is 0. The van der Waals surface area contributed by atoms with E-state index in [1.165, 1.54) is 13.3 Å². The van der Waals surface area contributed by atoms with Gasteiger partial charge in [-0.25, -0.2) is 10.5 Å². The van der Waals surface area contributed by atoms with Crippen molar-refractivity contribution in [1.82, 2.24) is 20.9 Å². The van der Waals surface area contributed by atoms with Gasteiger partial charge in [0.25, 0.3) is 23.3 Å². The van der Waals surface area contributed by atoms with Crippen LogP contribution in [0, 0.1) is 0 Å². The highest BCUT2D eigenvalue weighted by Crippen LogP contribution is 2.27. The van der Waals surface area contributed by atoms with Crippen LogP contribution >= 0.6 is 0 Å². The largest absolute Gasteiger partial charge is 0.493 e. The molecule has 1 atom stereocenters. The predicted molar refractivity (Wildman–Crippen MR) is 142 cm³/mol. The van der Waals surface area contributed by atoms with E-state index in [0.717, 1.165) is 0 Å². The minimum absolute atomic E-state index is 0.139. The highest BCUT2D eigenvalue weighted by Gasteiger charge is 2.27. The summed E-state index contributed by atoms with van der Waals surface area (Å²) in [5.74, 6) is -1.23. The molecule has 12 heteroatoms. The first kappa shape index (κ1) is 26.5. The van der Waals surface area contributed by atoms with E-state index < -0.39 is 29.3 Å². The molecule has 1 unspecified atom stereocenters. The number of methoxy groups -OCH3 is 1. The van der Waals surface area contributed by atoms with Crippen molar-refractivity contribution in [2.24, 2.45) is 10.8 Å². The molecule has 1 aromatic heterocycles. The quantitative estimate of drug-likeness (QED) is 0.178. The number of hydrazone groups is 1. The lowest BCUT2D eigenvalue weighted by Crippen LogP contribution is -2.40. The molecule has 12 nitrogen and oxygen atoms in total. The van der Waals surface area contributed by atoms with Crippen LogP contribution in [0.1, 0.15) is 27.7 Å². The lowest BCUT2D eigenvalue weighted by atomic mass is 10.0. The number of hydrogen-bond donors (Lipinski definition) is 4. The molecule has 198 valence electrons. The van der Waals surface area contributed by atoms with Crippen molar-refractivity contribution in [1.29, 1.82) is 0 Å². The molecule has 0 fully saturated rings. The molecule has 0 radical (unpaired) electrons. The number of nitrogens with two attached hydrogens (primary N) is 1. The predicted octanol–water partition coefficient (Wildman–Crippen LogP) is 1.42. The van der Waals surface area contributed by atoms with Gasteiger partial charge in [0, 0.05) is 10.9 Å². The number of nitrogens with one attached hydrogen (secondary N) is 3. The van der Waals surface area contributed by atoms with E-state index in [2.05, 4.69) is 26.0 Å². The van der Waals surface area contributed by atoms with Crippen molar-refractivity contribution in [2.75, 3.05) is 13.7 Å². The molecular weight excluding hydrogens is 504 g/mol. The Hall–Kier alpha value is -5.52. The number of H-pyrrole nitrogens is 1. The van der Waals surface area contributed by atoms with E-state index in [-0.39, 0.29) is 12.3 Å². The minimum Gasteiger partial charge on any atom is -0.493 e. The number of amides is 3. The molecule has 39 heavy (non-hydrogen) atoms. The Kier molecular flexibility index (Phi) is 8.27. The molecule has 5 N–H and O–H groups in total. The molecule has 0 spiro atoms. The van der Waals surface area contributed by atoms with Crippen molar-refractivity contribution in [2.45, 2.75) is 6.04 Å². The highest BCUT2D eigenvalue weighted by atomic mass is 16.5. The van der Waals surface area contributed by atoms with Crippen LogP contribution < -0.4 is 31.5 Å². The Morgan fingerprint density at radius 1 is 1.03 bits per heavy atom. The topological polar surface area (TPSA) is 178 Å². The molecule has 0 saturated heterocycles. The van der Waals surface area contributed by atoms with E-state index in [4.69, 9.17) is 15.2 Å². The van der Waals surface area contributed by atoms with Gasteiger partial charge in [-0.15, -0.1) is 0 Å². The third-order valence-electron chi connectivity index (χ3n) is 5.52. The van der Waals surface area contributed by atoms with Crippen molar-refractivity contribution in [3.05, 3.63) is 100.0 Å². The fourth-order valence-corrected chi connectivity index (χ4v) is 3.69. The zero-order valence-corrected chi connectivity index (χ0v) is 20.7. The fraction of sp³-hybridized carbons (Fsp3) is 0.111. The van der Waals surface area contributed by atoms with E-state index in [9.17, 15) is 19.2 Å². The maximum Gasteiger partial charge on any atom is 0.272 e. The van der Waals surface area contributed by atoms with Crippen LogP contribution in [-0.4, -0.2) is 47.9 Å². The van der Waals surface area contributed by atoms with Gasteiger partial charge in [0.2, 0.25) is 0 Å². The first-order chi connectivity index (χ1) is 18.9. The first-order valence-electron chi connectivity index (χ1n) is 11.6. The van der Waals surface area contributed by atoms with E-state index in [0.29, 0.717) is 33.4 Å². The lowest BCUT2D eigenvalue weighted by molar-refractivity contribution is -0.123. The molecule has 0 aliphatic heterocycles. The number of nitrogens with zero attached hydrogens (tertiary/aromatic N) is 2. The standard InChI is InChI=1S/C27H24N6O6/c1-38-21-13-16(11-12-20(21)39-15-22(28)34)14-29-32-27(37)24(30-25(35)17-7-3-2-4-8-17)23-18-9-5-6-10-19(18)26(36)33-31-23/h2-14,24H,15H2,1H3,(H2,28,34)(H,30,35)(H,32,37)(H,33,36). The van der Waals surface area contributed by atoms with E-state index >= 15 is 0 Å². The summed E-state index contributed by atoms with van der Waals surface area (Å²) in [6.45, 7) is -0.316. The van der Waals surface area contributed by atoms with Gasteiger partial charge in [-0.2, -0.15) is 10.2 Å². The van der Waals surface area contributed by atoms with E-state index in [1.807, 2.05) is 0 Å². The molecule has 0 aliphatic carbocycles. The fourth-order valence-electron chi connectivity index (χ4n) is 3.69. The molecule has 0 aliphatic rings. The van der Waals surface area contributed by atoms with Gasteiger partial charge < -0.3 is 20.5 Å². The number of fused-ring (bicyclic) bond motifs is 1. The van der Waals surface area contributed by atoms with Crippen LogP contribution in [0.15, 0.2) is 82.7 Å². The summed E-state index contributed by atoms with van der Waals surface area (Å²) in [7, 11) is 1.43. The summed E-state index contributed by atoms with van der Waals surface area (Å²) in [5.41, 5.74) is 8.09. The molecule has 0 saturated carbocycles. The van der Waals surface area contributed by atoms with Gasteiger partial charge in [0.1, 0.15) is 5.69 Å². The smallest absolute Gasteiger partial charge is 0.272 e. The second-order valence-electron chi connectivity index (χ2n) is 8.16. The van der Waals surface area contributed by atoms with Gasteiger partial charge in [-0.3, -0.25) is 19.2 Å². The van der Waals surface area contributed by atoms with Crippen LogP contribution in [0.2, 0.25) is 0 Å². The number of carbonyl (C=O) groups is 3. The Balaban J connectivity index is 1.60. The summed E-state index contributed by atoms with van der Waals surface area (Å²) < 4.78 is 10.6. The first-order valence-corrected chi connectivity index (χ1v) is 11.6. The molecule has 3 aromatic carbocycles. The summed E-state index contributed by atoms with van der Waals surface area (Å²) in [5, 5.41) is 13.8. The van der Waals surface area contributed by atoms with Crippen LogP contribution in [0.25, 0.3) is 10.8 Å². The summed E-state index contributed by atoms with van der Waals surface area (Å²) in [6.07, 6.45) is 1.35. The van der Waals surface area contributed by atoms with Gasteiger partial charge in [-0.05, 0) is 42.0 Å². The second-order valence-corrected chi connectivity index (χ2v) is 8.16. The minimum atomic E-state index is -1.30. The third-order valence-corrected chi connectivity index (χ3v) is 5.52. The van der Waals surface area contributed by atoms with Crippen LogP contribution in [0.4, 0.5) is 0 Å². The monoisotopic (exact) mass is 528 g/mol. The van der Waals surface area contributed by atoms with Crippen LogP contribution in [0.5, 0.6) is 11.5 Å². The Labute approximate surface area is 221 Å². The van der Waals surface area contributed by atoms with Crippen molar-refractivity contribution < 1.29 is 23.9 Å². The van der Waals surface area contributed by atoms with E-state index in [1.54, 1.807) is 72.8 Å². The number of hydrogen-bond acceptors (Lipinski definition) is 8. The maximum absolute atomic E-state index is 13.3. The number of carbonyl (C=O) groups excluding carboxylic acids is 3. The van der Waals surface area contributed by atoms with Gasteiger partial charge >= 0.3 is 0 Å². The van der Waals surface area contributed by atoms with Crippen molar-refractivity contribution in [3.63, 3.8) is 0 Å². The van der Waals surface area contributed by atoms with Gasteiger partial charge in [-0.1, -0.05) is 36.4 Å². The van der Waals surface area contributed by atoms with Gasteiger partial charge in [0.05, 0.1) is 18.7 Å². The lowest BCUT2D eigenvalue weighted by Gasteiger charge is -2.18. The second kappa shape index (κ2) is 12.1. The summed E-state index contributed by atoms with van der Waals surface area (Å²) in [6, 6.07) is 18.4. The average Bonchev–Trinajstić information content (AvgIpc) is 2.96. The van der Waals surface area contributed by atoms with Crippen LogP contribution in [0.3, 0.4) is 0 Å². The van der Waals surface area contributed by atoms with Gasteiger partial charge in [0.15, 0.2) is 24.1 Å². The average molecular weight is 529 g/mol. The maximum atomic E-state index is 13.3. The highest BCUT2D eigenvalue weighted by molar-refractivity contribution is 5.99. The number of ether oxygens (including phenoxy) is 2. The number of benzene rings is 3. The van der Waals surface area contributed by atoms with Crippen molar-refractivity contribution in [3.8, 4) is 11.5 Å². The zero-order valence-electron chi connectivity index (χ0n) is 20.7. The molecule has 1 heterocycles.